The summed E-state index contributed by atoms with van der Waals surface area (Å²) >= 11 is 0. The average Bonchev–Trinajstić information content (AvgIpc) is 2.38. The Labute approximate surface area is 116 Å². The first-order valence-corrected chi connectivity index (χ1v) is 6.61. The molecule has 0 spiro atoms. The molecule has 0 aliphatic carbocycles. The molecule has 110 valence electrons. The predicted octanol–water partition coefficient (Wildman–Crippen LogP) is 1.61. The van der Waals surface area contributed by atoms with Crippen molar-refractivity contribution in [1.82, 2.24) is 4.90 Å². The fourth-order valence-electron chi connectivity index (χ4n) is 2.35. The molecule has 1 aliphatic heterocycles. The van der Waals surface area contributed by atoms with E-state index in [1.807, 2.05) is 11.8 Å². The van der Waals surface area contributed by atoms with Crippen LogP contribution in [0.5, 0.6) is 0 Å². The van der Waals surface area contributed by atoms with E-state index < -0.39 is 17.5 Å². The van der Waals surface area contributed by atoms with Gasteiger partial charge in [-0.15, -0.1) is 0 Å². The fraction of sp³-hybridized carbons (Fsp3) is 0.500. The molecule has 2 unspecified atom stereocenters. The SMILES string of the molecule is CC1CN(CC(=O)Nc2cc(F)ccc2F)CCC1O. The number of nitrogens with one attached hydrogen (secondary N) is 1. The highest BCUT2D eigenvalue weighted by atomic mass is 19.1. The average molecular weight is 284 g/mol. The monoisotopic (exact) mass is 284 g/mol. The third-order valence-corrected chi connectivity index (χ3v) is 3.51. The Morgan fingerprint density at radius 3 is 2.95 bits per heavy atom. The summed E-state index contributed by atoms with van der Waals surface area (Å²) in [4.78, 5) is 13.7. The number of likely N-dealkylation sites (tertiary alicyclic amines) is 1. The van der Waals surface area contributed by atoms with E-state index in [-0.39, 0.29) is 24.3 Å². The maximum absolute atomic E-state index is 13.4. The van der Waals surface area contributed by atoms with Gasteiger partial charge in [0.2, 0.25) is 5.91 Å². The number of benzene rings is 1. The van der Waals surface area contributed by atoms with Gasteiger partial charge in [0.15, 0.2) is 0 Å². The van der Waals surface area contributed by atoms with Gasteiger partial charge in [-0.05, 0) is 24.5 Å². The van der Waals surface area contributed by atoms with Gasteiger partial charge in [-0.1, -0.05) is 6.92 Å². The quantitative estimate of drug-likeness (QED) is 0.886. The Morgan fingerprint density at radius 1 is 1.50 bits per heavy atom. The van der Waals surface area contributed by atoms with Gasteiger partial charge < -0.3 is 10.4 Å². The molecule has 0 radical (unpaired) electrons. The van der Waals surface area contributed by atoms with Crippen LogP contribution in [0, 0.1) is 17.6 Å². The van der Waals surface area contributed by atoms with Gasteiger partial charge in [0.1, 0.15) is 11.6 Å². The highest BCUT2D eigenvalue weighted by Gasteiger charge is 2.25. The number of piperidine rings is 1. The van der Waals surface area contributed by atoms with Crippen molar-refractivity contribution in [3.05, 3.63) is 29.8 Å². The van der Waals surface area contributed by atoms with Crippen LogP contribution in [0.4, 0.5) is 14.5 Å². The number of rotatable bonds is 3. The van der Waals surface area contributed by atoms with E-state index in [4.69, 9.17) is 0 Å². The number of carbonyl (C=O) groups is 1. The summed E-state index contributed by atoms with van der Waals surface area (Å²) in [6, 6.07) is 2.93. The van der Waals surface area contributed by atoms with Crippen molar-refractivity contribution >= 4 is 11.6 Å². The molecular weight excluding hydrogens is 266 g/mol. The molecule has 1 aromatic carbocycles. The summed E-state index contributed by atoms with van der Waals surface area (Å²) in [7, 11) is 0. The van der Waals surface area contributed by atoms with Gasteiger partial charge in [0.05, 0.1) is 18.3 Å². The van der Waals surface area contributed by atoms with Crippen molar-refractivity contribution in [2.75, 3.05) is 25.0 Å². The van der Waals surface area contributed by atoms with E-state index in [1.54, 1.807) is 0 Å². The van der Waals surface area contributed by atoms with Gasteiger partial charge in [0, 0.05) is 19.2 Å². The minimum atomic E-state index is -0.665. The summed E-state index contributed by atoms with van der Waals surface area (Å²) < 4.78 is 26.4. The first kappa shape index (κ1) is 14.9. The normalized spacial score (nSPS) is 23.6. The van der Waals surface area contributed by atoms with E-state index in [1.165, 1.54) is 0 Å². The van der Waals surface area contributed by atoms with Crippen LogP contribution in [0.15, 0.2) is 18.2 Å². The zero-order chi connectivity index (χ0) is 14.7. The van der Waals surface area contributed by atoms with Crippen LogP contribution in [0.2, 0.25) is 0 Å². The van der Waals surface area contributed by atoms with Crippen LogP contribution in [-0.4, -0.2) is 41.7 Å². The van der Waals surface area contributed by atoms with Gasteiger partial charge in [-0.3, -0.25) is 9.69 Å². The largest absolute Gasteiger partial charge is 0.393 e. The highest BCUT2D eigenvalue weighted by molar-refractivity contribution is 5.92. The Morgan fingerprint density at radius 2 is 2.25 bits per heavy atom. The second kappa shape index (κ2) is 6.28. The highest BCUT2D eigenvalue weighted by Crippen LogP contribution is 2.17. The molecular formula is C14H18F2N2O2. The second-order valence-electron chi connectivity index (χ2n) is 5.24. The first-order chi connectivity index (χ1) is 9.45. The number of carbonyl (C=O) groups excluding carboxylic acids is 1. The van der Waals surface area contributed by atoms with Gasteiger partial charge in [-0.25, -0.2) is 8.78 Å². The molecule has 2 N–H and O–H groups in total. The molecule has 6 heteroatoms. The van der Waals surface area contributed by atoms with Crippen LogP contribution >= 0.6 is 0 Å². The molecule has 0 aromatic heterocycles. The second-order valence-corrected chi connectivity index (χ2v) is 5.24. The zero-order valence-corrected chi connectivity index (χ0v) is 11.3. The van der Waals surface area contributed by atoms with Crippen molar-refractivity contribution in [3.8, 4) is 0 Å². The fourth-order valence-corrected chi connectivity index (χ4v) is 2.35. The van der Waals surface area contributed by atoms with E-state index >= 15 is 0 Å². The number of amides is 1. The van der Waals surface area contributed by atoms with Crippen LogP contribution in [0.25, 0.3) is 0 Å². The van der Waals surface area contributed by atoms with Crippen LogP contribution in [0.3, 0.4) is 0 Å². The number of nitrogens with zero attached hydrogens (tertiary/aromatic N) is 1. The standard InChI is InChI=1S/C14H18F2N2O2/c1-9-7-18(5-4-13(9)19)8-14(20)17-12-6-10(15)2-3-11(12)16/h2-3,6,9,13,19H,4-5,7-8H2,1H3,(H,17,20). The Hall–Kier alpha value is -1.53. The number of aliphatic hydroxyl groups excluding tert-OH is 1. The number of aliphatic hydroxyl groups is 1. The smallest absolute Gasteiger partial charge is 0.238 e. The summed E-state index contributed by atoms with van der Waals surface area (Å²) in [5.74, 6) is -1.56. The molecule has 1 saturated heterocycles. The van der Waals surface area contributed by atoms with Crippen molar-refractivity contribution in [1.29, 1.82) is 0 Å². The zero-order valence-electron chi connectivity index (χ0n) is 11.3. The lowest BCUT2D eigenvalue weighted by molar-refractivity contribution is -0.118. The molecule has 2 atom stereocenters. The maximum atomic E-state index is 13.4. The van der Waals surface area contributed by atoms with Crippen molar-refractivity contribution < 1.29 is 18.7 Å². The third kappa shape index (κ3) is 3.74. The van der Waals surface area contributed by atoms with Crippen molar-refractivity contribution in [2.45, 2.75) is 19.4 Å². The summed E-state index contributed by atoms with van der Waals surface area (Å²) in [5.41, 5.74) is -0.153. The molecule has 4 nitrogen and oxygen atoms in total. The van der Waals surface area contributed by atoms with E-state index in [0.29, 0.717) is 19.5 Å². The Kier molecular flexibility index (Phi) is 4.67. The summed E-state index contributed by atoms with van der Waals surface area (Å²) in [6.07, 6.45) is 0.276. The maximum Gasteiger partial charge on any atom is 0.238 e. The van der Waals surface area contributed by atoms with Gasteiger partial charge in [-0.2, -0.15) is 0 Å². The van der Waals surface area contributed by atoms with Crippen molar-refractivity contribution in [2.24, 2.45) is 5.92 Å². The predicted molar refractivity (Wildman–Crippen MR) is 71.2 cm³/mol. The molecule has 1 amide bonds. The molecule has 0 saturated carbocycles. The van der Waals surface area contributed by atoms with E-state index in [2.05, 4.69) is 5.32 Å². The van der Waals surface area contributed by atoms with Crippen molar-refractivity contribution in [3.63, 3.8) is 0 Å². The molecule has 20 heavy (non-hydrogen) atoms. The molecule has 1 heterocycles. The molecule has 2 rings (SSSR count). The number of hydrogen-bond acceptors (Lipinski definition) is 3. The van der Waals surface area contributed by atoms with E-state index in [9.17, 15) is 18.7 Å². The van der Waals surface area contributed by atoms with Crippen LogP contribution in [-0.2, 0) is 4.79 Å². The Bertz CT molecular complexity index is 496. The lowest BCUT2D eigenvalue weighted by Gasteiger charge is -2.33. The first-order valence-electron chi connectivity index (χ1n) is 6.61. The minimum absolute atomic E-state index is 0.0995. The lowest BCUT2D eigenvalue weighted by Crippen LogP contribution is -2.45. The summed E-state index contributed by atoms with van der Waals surface area (Å²) in [6.45, 7) is 3.25. The van der Waals surface area contributed by atoms with Crippen LogP contribution in [0.1, 0.15) is 13.3 Å². The van der Waals surface area contributed by atoms with Gasteiger partial charge in [0.25, 0.3) is 0 Å². The lowest BCUT2D eigenvalue weighted by atomic mass is 9.97. The third-order valence-electron chi connectivity index (χ3n) is 3.51. The number of halogens is 2. The molecule has 1 fully saturated rings. The van der Waals surface area contributed by atoms with Crippen LogP contribution < -0.4 is 5.32 Å². The molecule has 0 bridgehead atoms. The number of anilines is 1. The van der Waals surface area contributed by atoms with E-state index in [0.717, 1.165) is 18.2 Å². The molecule has 1 aromatic rings. The topological polar surface area (TPSA) is 52.6 Å². The minimum Gasteiger partial charge on any atom is -0.393 e. The summed E-state index contributed by atoms with van der Waals surface area (Å²) in [5, 5.41) is 12.0. The molecule has 1 aliphatic rings. The Balaban J connectivity index is 1.91. The van der Waals surface area contributed by atoms with Gasteiger partial charge >= 0.3 is 0 Å². The number of hydrogen-bond donors (Lipinski definition) is 2.